The summed E-state index contributed by atoms with van der Waals surface area (Å²) in [7, 11) is -1.23. The van der Waals surface area contributed by atoms with E-state index in [1.54, 1.807) is 19.1 Å². The van der Waals surface area contributed by atoms with Gasteiger partial charge >= 0.3 is 0 Å². The summed E-state index contributed by atoms with van der Waals surface area (Å²) < 4.78 is 23.2. The van der Waals surface area contributed by atoms with Crippen molar-refractivity contribution in [1.29, 1.82) is 0 Å². The Bertz CT molecular complexity index is 422. The van der Waals surface area contributed by atoms with Gasteiger partial charge in [0.2, 0.25) is 0 Å². The zero-order valence-corrected chi connectivity index (χ0v) is 11.2. The lowest BCUT2D eigenvalue weighted by Gasteiger charge is -2.14. The van der Waals surface area contributed by atoms with Crippen LogP contribution in [0.25, 0.3) is 0 Å². The third-order valence-corrected chi connectivity index (χ3v) is 4.67. The summed E-state index contributed by atoms with van der Waals surface area (Å²) in [4.78, 5) is 0.382. The topological polar surface area (TPSA) is 46.2 Å². The second kappa shape index (κ2) is 5.70. The van der Waals surface area contributed by atoms with Crippen molar-refractivity contribution in [3.05, 3.63) is 29.8 Å². The highest BCUT2D eigenvalue weighted by atomic mass is 32.2. The molecule has 0 aliphatic carbocycles. The lowest BCUT2D eigenvalue weighted by Crippen LogP contribution is -2.17. The highest BCUT2D eigenvalue weighted by Gasteiger charge is 2.12. The molecule has 0 amide bonds. The maximum Gasteiger partial charge on any atom is 0.178 e. The molecule has 1 unspecified atom stereocenters. The highest BCUT2D eigenvalue weighted by Crippen LogP contribution is 2.17. The minimum absolute atomic E-state index is 0.133. The van der Waals surface area contributed by atoms with Crippen LogP contribution < -0.4 is 5.32 Å². The van der Waals surface area contributed by atoms with E-state index in [1.165, 1.54) is 0 Å². The van der Waals surface area contributed by atoms with Gasteiger partial charge < -0.3 is 5.32 Å². The second-order valence-electron chi connectivity index (χ2n) is 3.50. The zero-order valence-electron chi connectivity index (χ0n) is 9.47. The molecule has 0 spiro atoms. The van der Waals surface area contributed by atoms with E-state index in [0.29, 0.717) is 10.6 Å². The van der Waals surface area contributed by atoms with E-state index in [1.807, 2.05) is 19.2 Å². The molecule has 90 valence electrons. The molecule has 0 saturated carbocycles. The van der Waals surface area contributed by atoms with Crippen LogP contribution in [0.1, 0.15) is 18.5 Å². The molecular weight excluding hydrogens is 242 g/mol. The third-order valence-electron chi connectivity index (χ3n) is 2.55. The number of hydrogen-bond acceptors (Lipinski definition) is 4. The third kappa shape index (κ3) is 2.99. The summed E-state index contributed by atoms with van der Waals surface area (Å²) in [6, 6.07) is 7.13. The summed E-state index contributed by atoms with van der Waals surface area (Å²) in [5, 5.41) is 3.11. The molecule has 0 bridgehead atoms. The summed E-state index contributed by atoms with van der Waals surface area (Å²) in [6.45, 7) is 1.65. The Labute approximate surface area is 103 Å². The number of nitrogens with one attached hydrogen (secondary N) is 1. The fourth-order valence-corrected chi connectivity index (χ4v) is 2.71. The first-order chi connectivity index (χ1) is 7.55. The Hall–Kier alpha value is -0.520. The Morgan fingerprint density at radius 2 is 1.88 bits per heavy atom. The number of rotatable bonds is 5. The fraction of sp³-hybridized carbons (Fsp3) is 0.455. The van der Waals surface area contributed by atoms with Crippen LogP contribution in [0, 0.1) is 0 Å². The lowest BCUT2D eigenvalue weighted by atomic mass is 10.1. The van der Waals surface area contributed by atoms with E-state index in [0.717, 1.165) is 5.56 Å². The van der Waals surface area contributed by atoms with Gasteiger partial charge in [0.1, 0.15) is 0 Å². The first-order valence-electron chi connectivity index (χ1n) is 5.16. The molecule has 0 aliphatic heterocycles. The Balaban J connectivity index is 3.00. The minimum atomic E-state index is -3.09. The van der Waals surface area contributed by atoms with Gasteiger partial charge in [-0.25, -0.2) is 8.42 Å². The van der Waals surface area contributed by atoms with Crippen LogP contribution in [0.5, 0.6) is 0 Å². The molecule has 1 aromatic rings. The maximum atomic E-state index is 11.6. The van der Waals surface area contributed by atoms with Gasteiger partial charge in [-0.2, -0.15) is 12.6 Å². The molecule has 0 aromatic heterocycles. The van der Waals surface area contributed by atoms with E-state index in [-0.39, 0.29) is 11.8 Å². The number of thiol groups is 1. The molecule has 1 N–H and O–H groups in total. The standard InChI is InChI=1S/C11H17NO2S2/c1-3-16(13,14)10-6-4-9(5-7-10)11(8-15)12-2/h4-7,11-12,15H,3,8H2,1-2H3. The monoisotopic (exact) mass is 259 g/mol. The van der Waals surface area contributed by atoms with Gasteiger partial charge in [-0.1, -0.05) is 19.1 Å². The van der Waals surface area contributed by atoms with Crippen molar-refractivity contribution < 1.29 is 8.42 Å². The van der Waals surface area contributed by atoms with Crippen molar-refractivity contribution in [3.63, 3.8) is 0 Å². The molecule has 0 heterocycles. The molecule has 1 atom stereocenters. The van der Waals surface area contributed by atoms with Gasteiger partial charge in [0.15, 0.2) is 9.84 Å². The fourth-order valence-electron chi connectivity index (χ4n) is 1.44. The molecule has 3 nitrogen and oxygen atoms in total. The van der Waals surface area contributed by atoms with E-state index >= 15 is 0 Å². The van der Waals surface area contributed by atoms with Crippen molar-refractivity contribution in [3.8, 4) is 0 Å². The first kappa shape index (κ1) is 13.5. The molecule has 5 heteroatoms. The van der Waals surface area contributed by atoms with Gasteiger partial charge in [0, 0.05) is 11.8 Å². The van der Waals surface area contributed by atoms with E-state index < -0.39 is 9.84 Å². The second-order valence-corrected chi connectivity index (χ2v) is 6.14. The average Bonchev–Trinajstić information content (AvgIpc) is 2.31. The van der Waals surface area contributed by atoms with E-state index in [2.05, 4.69) is 17.9 Å². The number of hydrogen-bond donors (Lipinski definition) is 2. The zero-order chi connectivity index (χ0) is 12.2. The van der Waals surface area contributed by atoms with Crippen LogP contribution >= 0.6 is 12.6 Å². The smallest absolute Gasteiger partial charge is 0.178 e. The molecule has 1 aromatic carbocycles. The summed E-state index contributed by atoms with van der Waals surface area (Å²) in [6.07, 6.45) is 0. The van der Waals surface area contributed by atoms with Crippen molar-refractivity contribution in [2.24, 2.45) is 0 Å². The van der Waals surface area contributed by atoms with Crippen LogP contribution in [0.15, 0.2) is 29.2 Å². The molecular formula is C11H17NO2S2. The SMILES string of the molecule is CCS(=O)(=O)c1ccc(C(CS)NC)cc1. The van der Waals surface area contributed by atoms with Crippen LogP contribution in [-0.4, -0.2) is 27.0 Å². The number of sulfone groups is 1. The summed E-state index contributed by atoms with van der Waals surface area (Å²) >= 11 is 4.23. The van der Waals surface area contributed by atoms with Gasteiger partial charge in [0.05, 0.1) is 10.6 Å². The largest absolute Gasteiger partial charge is 0.312 e. The van der Waals surface area contributed by atoms with Gasteiger partial charge in [-0.15, -0.1) is 0 Å². The molecule has 0 radical (unpaired) electrons. The molecule has 0 saturated heterocycles. The van der Waals surface area contributed by atoms with Crippen molar-refractivity contribution in [2.75, 3.05) is 18.6 Å². The predicted octanol–water partition coefficient (Wildman–Crippen LogP) is 1.67. The van der Waals surface area contributed by atoms with Crippen molar-refractivity contribution in [1.82, 2.24) is 5.32 Å². The normalized spacial score (nSPS) is 13.7. The Morgan fingerprint density at radius 3 is 2.25 bits per heavy atom. The molecule has 1 rings (SSSR count). The van der Waals surface area contributed by atoms with Gasteiger partial charge in [-0.3, -0.25) is 0 Å². The lowest BCUT2D eigenvalue weighted by molar-refractivity contribution is 0.597. The van der Waals surface area contributed by atoms with Gasteiger partial charge in [-0.05, 0) is 24.7 Å². The Morgan fingerprint density at radius 1 is 1.31 bits per heavy atom. The predicted molar refractivity (Wildman–Crippen MR) is 69.8 cm³/mol. The van der Waals surface area contributed by atoms with E-state index in [4.69, 9.17) is 0 Å². The average molecular weight is 259 g/mol. The van der Waals surface area contributed by atoms with Crippen LogP contribution in [0.2, 0.25) is 0 Å². The maximum absolute atomic E-state index is 11.6. The molecule has 16 heavy (non-hydrogen) atoms. The van der Waals surface area contributed by atoms with Crippen LogP contribution in [0.4, 0.5) is 0 Å². The number of benzene rings is 1. The van der Waals surface area contributed by atoms with Crippen molar-refractivity contribution >= 4 is 22.5 Å². The van der Waals surface area contributed by atoms with Crippen LogP contribution in [0.3, 0.4) is 0 Å². The van der Waals surface area contributed by atoms with Crippen molar-refractivity contribution in [2.45, 2.75) is 17.9 Å². The summed E-state index contributed by atoms with van der Waals surface area (Å²) in [5.41, 5.74) is 1.05. The Kier molecular flexibility index (Phi) is 4.83. The van der Waals surface area contributed by atoms with E-state index in [9.17, 15) is 8.42 Å². The first-order valence-corrected chi connectivity index (χ1v) is 7.44. The van der Waals surface area contributed by atoms with Crippen LogP contribution in [-0.2, 0) is 9.84 Å². The molecule has 0 aliphatic rings. The molecule has 0 fully saturated rings. The summed E-state index contributed by atoms with van der Waals surface area (Å²) in [5.74, 6) is 0.810. The highest BCUT2D eigenvalue weighted by molar-refractivity contribution is 7.91. The van der Waals surface area contributed by atoms with Gasteiger partial charge in [0.25, 0.3) is 0 Å². The quantitative estimate of drug-likeness (QED) is 0.791. The minimum Gasteiger partial charge on any atom is -0.312 e.